The van der Waals surface area contributed by atoms with Crippen LogP contribution in [-0.2, 0) is 4.79 Å². The Bertz CT molecular complexity index is 250. The number of aliphatic hydroxyl groups excluding tert-OH is 1. The summed E-state index contributed by atoms with van der Waals surface area (Å²) in [5.41, 5.74) is 0. The van der Waals surface area contributed by atoms with E-state index in [4.69, 9.17) is 5.11 Å². The van der Waals surface area contributed by atoms with E-state index in [0.717, 1.165) is 4.90 Å². The van der Waals surface area contributed by atoms with E-state index in [2.05, 4.69) is 5.32 Å². The van der Waals surface area contributed by atoms with Crippen molar-refractivity contribution in [2.24, 2.45) is 5.92 Å². The molecule has 1 amide bonds. The van der Waals surface area contributed by atoms with Crippen LogP contribution in [0.25, 0.3) is 0 Å². The minimum Gasteiger partial charge on any atom is -0.395 e. The van der Waals surface area contributed by atoms with Crippen LogP contribution in [0.5, 0.6) is 0 Å². The van der Waals surface area contributed by atoms with Gasteiger partial charge in [-0.3, -0.25) is 4.79 Å². The summed E-state index contributed by atoms with van der Waals surface area (Å²) < 4.78 is 36.4. The second kappa shape index (κ2) is 6.20. The van der Waals surface area contributed by atoms with Gasteiger partial charge in [-0.05, 0) is 25.3 Å². The summed E-state index contributed by atoms with van der Waals surface area (Å²) >= 11 is 0. The number of nitrogens with zero attached hydrogens (tertiary/aromatic N) is 1. The maximum absolute atomic E-state index is 12.1. The topological polar surface area (TPSA) is 52.6 Å². The molecule has 0 aromatic rings. The molecule has 0 atom stereocenters. The first-order valence-electron chi connectivity index (χ1n) is 5.63. The SMILES string of the molecule is O=C(N1CCC(CNCCO)CC1)C(F)(F)F. The Labute approximate surface area is 97.8 Å². The fourth-order valence-corrected chi connectivity index (χ4v) is 1.90. The number of likely N-dealkylation sites (tertiary alicyclic amines) is 1. The van der Waals surface area contributed by atoms with E-state index in [1.54, 1.807) is 0 Å². The van der Waals surface area contributed by atoms with E-state index in [-0.39, 0.29) is 25.6 Å². The number of alkyl halides is 3. The Morgan fingerprint density at radius 1 is 1.35 bits per heavy atom. The molecule has 1 aliphatic heterocycles. The number of hydrogen-bond acceptors (Lipinski definition) is 3. The zero-order chi connectivity index (χ0) is 12.9. The zero-order valence-electron chi connectivity index (χ0n) is 9.46. The van der Waals surface area contributed by atoms with E-state index >= 15 is 0 Å². The second-order valence-electron chi connectivity index (χ2n) is 4.16. The minimum atomic E-state index is -4.76. The number of piperidine rings is 1. The standard InChI is InChI=1S/C10H17F3N2O2/c11-10(12,13)9(17)15-4-1-8(2-5-15)7-14-3-6-16/h8,14,16H,1-7H2. The molecule has 1 heterocycles. The van der Waals surface area contributed by atoms with Gasteiger partial charge in [0.15, 0.2) is 0 Å². The summed E-state index contributed by atoms with van der Waals surface area (Å²) in [5.74, 6) is -1.46. The molecule has 1 fully saturated rings. The molecule has 1 saturated heterocycles. The first-order valence-corrected chi connectivity index (χ1v) is 5.63. The summed E-state index contributed by atoms with van der Waals surface area (Å²) in [6.07, 6.45) is -3.62. The van der Waals surface area contributed by atoms with Gasteiger partial charge in [0, 0.05) is 19.6 Å². The molecule has 100 valence electrons. The maximum Gasteiger partial charge on any atom is 0.471 e. The number of halogens is 3. The van der Waals surface area contributed by atoms with Crippen molar-refractivity contribution >= 4 is 5.91 Å². The molecule has 7 heteroatoms. The van der Waals surface area contributed by atoms with Crippen molar-refractivity contribution in [3.8, 4) is 0 Å². The maximum atomic E-state index is 12.1. The monoisotopic (exact) mass is 254 g/mol. The van der Waals surface area contributed by atoms with Gasteiger partial charge in [0.25, 0.3) is 0 Å². The van der Waals surface area contributed by atoms with Crippen molar-refractivity contribution in [2.45, 2.75) is 19.0 Å². The van der Waals surface area contributed by atoms with Gasteiger partial charge in [0.2, 0.25) is 0 Å². The van der Waals surface area contributed by atoms with Crippen LogP contribution in [0.3, 0.4) is 0 Å². The highest BCUT2D eigenvalue weighted by Crippen LogP contribution is 2.23. The van der Waals surface area contributed by atoms with Gasteiger partial charge in [-0.15, -0.1) is 0 Å². The molecule has 2 N–H and O–H groups in total. The third-order valence-electron chi connectivity index (χ3n) is 2.87. The van der Waals surface area contributed by atoms with Gasteiger partial charge in [0.05, 0.1) is 6.61 Å². The molecule has 0 saturated carbocycles. The number of nitrogens with one attached hydrogen (secondary N) is 1. The Morgan fingerprint density at radius 2 is 1.94 bits per heavy atom. The largest absolute Gasteiger partial charge is 0.471 e. The molecule has 0 aromatic carbocycles. The van der Waals surface area contributed by atoms with E-state index in [9.17, 15) is 18.0 Å². The summed E-state index contributed by atoms with van der Waals surface area (Å²) in [6.45, 7) is 1.52. The van der Waals surface area contributed by atoms with E-state index in [1.807, 2.05) is 0 Å². The zero-order valence-corrected chi connectivity index (χ0v) is 9.46. The summed E-state index contributed by atoms with van der Waals surface area (Å²) in [5, 5.41) is 11.6. The lowest BCUT2D eigenvalue weighted by Gasteiger charge is -2.32. The summed E-state index contributed by atoms with van der Waals surface area (Å²) in [7, 11) is 0. The first-order chi connectivity index (χ1) is 7.95. The third-order valence-corrected chi connectivity index (χ3v) is 2.87. The van der Waals surface area contributed by atoms with Crippen molar-refractivity contribution in [2.75, 3.05) is 32.8 Å². The first kappa shape index (κ1) is 14.2. The minimum absolute atomic E-state index is 0.0470. The van der Waals surface area contributed by atoms with Gasteiger partial charge in [-0.1, -0.05) is 0 Å². The molecular formula is C10H17F3N2O2. The molecule has 0 spiro atoms. The average Bonchev–Trinajstić information content (AvgIpc) is 2.28. The summed E-state index contributed by atoms with van der Waals surface area (Å²) in [6, 6.07) is 0. The normalized spacial score (nSPS) is 18.5. The van der Waals surface area contributed by atoms with Gasteiger partial charge < -0.3 is 15.3 Å². The Hall–Kier alpha value is -0.820. The van der Waals surface area contributed by atoms with Gasteiger partial charge in [-0.25, -0.2) is 0 Å². The number of aliphatic hydroxyl groups is 1. The van der Waals surface area contributed by atoms with E-state index in [0.29, 0.717) is 25.9 Å². The number of amides is 1. The van der Waals surface area contributed by atoms with E-state index < -0.39 is 12.1 Å². The fourth-order valence-electron chi connectivity index (χ4n) is 1.90. The molecule has 0 unspecified atom stereocenters. The molecule has 0 aliphatic carbocycles. The molecular weight excluding hydrogens is 237 g/mol. The van der Waals surface area contributed by atoms with E-state index in [1.165, 1.54) is 0 Å². The lowest BCUT2D eigenvalue weighted by atomic mass is 9.97. The van der Waals surface area contributed by atoms with Gasteiger partial charge in [-0.2, -0.15) is 13.2 Å². The predicted molar refractivity (Wildman–Crippen MR) is 55.3 cm³/mol. The summed E-state index contributed by atoms with van der Waals surface area (Å²) in [4.78, 5) is 11.8. The van der Waals surface area contributed by atoms with Crippen LogP contribution in [0.15, 0.2) is 0 Å². The van der Waals surface area contributed by atoms with Crippen molar-refractivity contribution in [3.05, 3.63) is 0 Å². The number of carbonyl (C=O) groups is 1. The second-order valence-corrected chi connectivity index (χ2v) is 4.16. The molecule has 17 heavy (non-hydrogen) atoms. The quantitative estimate of drug-likeness (QED) is 0.713. The fraction of sp³-hybridized carbons (Fsp3) is 0.900. The Morgan fingerprint density at radius 3 is 2.41 bits per heavy atom. The lowest BCUT2D eigenvalue weighted by molar-refractivity contribution is -0.186. The van der Waals surface area contributed by atoms with Crippen LogP contribution in [0.2, 0.25) is 0 Å². The number of hydrogen-bond donors (Lipinski definition) is 2. The van der Waals surface area contributed by atoms with Crippen molar-refractivity contribution in [1.29, 1.82) is 0 Å². The van der Waals surface area contributed by atoms with Crippen LogP contribution < -0.4 is 5.32 Å². The molecule has 1 rings (SSSR count). The van der Waals surface area contributed by atoms with Crippen molar-refractivity contribution in [3.63, 3.8) is 0 Å². The Balaban J connectivity index is 2.28. The molecule has 0 bridgehead atoms. The number of rotatable bonds is 4. The smallest absolute Gasteiger partial charge is 0.395 e. The molecule has 0 radical (unpaired) electrons. The van der Waals surface area contributed by atoms with Gasteiger partial charge in [0.1, 0.15) is 0 Å². The van der Waals surface area contributed by atoms with Crippen LogP contribution in [0.1, 0.15) is 12.8 Å². The molecule has 1 aliphatic rings. The highest BCUT2D eigenvalue weighted by Gasteiger charge is 2.43. The van der Waals surface area contributed by atoms with Crippen LogP contribution in [0, 0.1) is 5.92 Å². The molecule has 4 nitrogen and oxygen atoms in total. The third kappa shape index (κ3) is 4.51. The molecule has 0 aromatic heterocycles. The average molecular weight is 254 g/mol. The number of carbonyl (C=O) groups excluding carboxylic acids is 1. The van der Waals surface area contributed by atoms with Crippen LogP contribution in [0.4, 0.5) is 13.2 Å². The van der Waals surface area contributed by atoms with Gasteiger partial charge >= 0.3 is 12.1 Å². The Kier molecular flexibility index (Phi) is 5.20. The van der Waals surface area contributed by atoms with Crippen molar-refractivity contribution < 1.29 is 23.1 Å². The highest BCUT2D eigenvalue weighted by molar-refractivity contribution is 5.81. The van der Waals surface area contributed by atoms with Crippen LogP contribution >= 0.6 is 0 Å². The highest BCUT2D eigenvalue weighted by atomic mass is 19.4. The van der Waals surface area contributed by atoms with Crippen molar-refractivity contribution in [1.82, 2.24) is 10.2 Å². The predicted octanol–water partition coefficient (Wildman–Crippen LogP) is 0.369. The lowest BCUT2D eigenvalue weighted by Crippen LogP contribution is -2.46. The van der Waals surface area contributed by atoms with Crippen LogP contribution in [-0.4, -0.2) is 54.9 Å².